The van der Waals surface area contributed by atoms with Crippen molar-refractivity contribution in [2.24, 2.45) is 0 Å². The highest BCUT2D eigenvalue weighted by molar-refractivity contribution is 8.04. The molecular formula is C15H13NO5S. The van der Waals surface area contributed by atoms with E-state index < -0.39 is 10.9 Å². The van der Waals surface area contributed by atoms with Gasteiger partial charge in [-0.15, -0.1) is 11.8 Å². The van der Waals surface area contributed by atoms with Gasteiger partial charge in [-0.1, -0.05) is 12.2 Å². The van der Waals surface area contributed by atoms with Gasteiger partial charge in [-0.3, -0.25) is 10.1 Å². The molecule has 1 heterocycles. The quantitative estimate of drug-likeness (QED) is 0.442. The minimum absolute atomic E-state index is 0.00500. The Labute approximate surface area is 131 Å². The van der Waals surface area contributed by atoms with Gasteiger partial charge in [0.05, 0.1) is 29.1 Å². The van der Waals surface area contributed by atoms with E-state index >= 15 is 0 Å². The first kappa shape index (κ1) is 14.6. The number of ether oxygens (including phenoxy) is 2. The van der Waals surface area contributed by atoms with Crippen molar-refractivity contribution < 1.29 is 19.2 Å². The molecule has 0 aromatic carbocycles. The van der Waals surface area contributed by atoms with Crippen molar-refractivity contribution in [1.29, 1.82) is 0 Å². The third kappa shape index (κ3) is 2.59. The van der Waals surface area contributed by atoms with Gasteiger partial charge in [-0.2, -0.15) is 0 Å². The van der Waals surface area contributed by atoms with Crippen LogP contribution in [0.5, 0.6) is 0 Å². The van der Waals surface area contributed by atoms with Gasteiger partial charge in [0.1, 0.15) is 0 Å². The summed E-state index contributed by atoms with van der Waals surface area (Å²) in [5.74, 6) is -0.113. The molecular weight excluding hydrogens is 306 g/mol. The van der Waals surface area contributed by atoms with E-state index in [2.05, 4.69) is 0 Å². The van der Waals surface area contributed by atoms with Crippen LogP contribution in [0.15, 0.2) is 58.1 Å². The van der Waals surface area contributed by atoms with Gasteiger partial charge >= 0.3 is 11.7 Å². The highest BCUT2D eigenvalue weighted by Crippen LogP contribution is 2.42. The Morgan fingerprint density at radius 2 is 2.36 bits per heavy atom. The molecule has 0 amide bonds. The molecule has 1 unspecified atom stereocenters. The predicted molar refractivity (Wildman–Crippen MR) is 81.1 cm³/mol. The topological polar surface area (TPSA) is 78.7 Å². The number of thioether (sulfide) groups is 1. The molecule has 0 fully saturated rings. The van der Waals surface area contributed by atoms with Crippen LogP contribution in [0.1, 0.15) is 12.8 Å². The summed E-state index contributed by atoms with van der Waals surface area (Å²) in [7, 11) is 1.32. The fourth-order valence-electron chi connectivity index (χ4n) is 2.43. The molecule has 22 heavy (non-hydrogen) atoms. The smallest absolute Gasteiger partial charge is 0.337 e. The van der Waals surface area contributed by atoms with Crippen molar-refractivity contribution in [2.75, 3.05) is 7.11 Å². The van der Waals surface area contributed by atoms with Crippen LogP contribution in [0.2, 0.25) is 0 Å². The second kappa shape index (κ2) is 5.84. The molecule has 3 aliphatic rings. The van der Waals surface area contributed by atoms with Crippen LogP contribution in [0.25, 0.3) is 0 Å². The number of nitrogens with zero attached hydrogens (tertiary/aromatic N) is 1. The highest BCUT2D eigenvalue weighted by atomic mass is 32.2. The summed E-state index contributed by atoms with van der Waals surface area (Å²) in [6, 6.07) is 0. The van der Waals surface area contributed by atoms with Gasteiger partial charge in [-0.05, 0) is 25.0 Å². The zero-order chi connectivity index (χ0) is 15.7. The first-order valence-electron chi connectivity index (χ1n) is 6.70. The summed E-state index contributed by atoms with van der Waals surface area (Å²) < 4.78 is 10.3. The Morgan fingerprint density at radius 3 is 3.09 bits per heavy atom. The molecule has 1 atom stereocenters. The zero-order valence-electron chi connectivity index (χ0n) is 11.8. The molecule has 0 saturated carbocycles. The molecule has 114 valence electrons. The summed E-state index contributed by atoms with van der Waals surface area (Å²) in [6.45, 7) is 0. The van der Waals surface area contributed by atoms with Crippen LogP contribution in [0.4, 0.5) is 0 Å². The SMILES string of the molecule is COC(=O)C1=CC2=COC3=C(CCC=C3[N+](=O)[O-])SC2C=C1. The van der Waals surface area contributed by atoms with E-state index in [1.54, 1.807) is 18.2 Å². The number of hydrogen-bond donors (Lipinski definition) is 0. The van der Waals surface area contributed by atoms with Gasteiger partial charge in [0.2, 0.25) is 5.76 Å². The summed E-state index contributed by atoms with van der Waals surface area (Å²) >= 11 is 1.52. The largest absolute Gasteiger partial charge is 0.465 e. The molecule has 0 N–H and O–H groups in total. The van der Waals surface area contributed by atoms with Crippen LogP contribution >= 0.6 is 11.8 Å². The Hall–Kier alpha value is -2.28. The third-order valence-corrected chi connectivity index (χ3v) is 4.85. The minimum Gasteiger partial charge on any atom is -0.465 e. The summed E-state index contributed by atoms with van der Waals surface area (Å²) in [5.41, 5.74) is 1.22. The number of methoxy groups -OCH3 is 1. The van der Waals surface area contributed by atoms with Crippen LogP contribution in [0, 0.1) is 10.1 Å². The lowest BCUT2D eigenvalue weighted by molar-refractivity contribution is -0.424. The number of rotatable bonds is 2. The number of carbonyl (C=O) groups is 1. The standard InChI is InChI=1S/C15H13NO5S/c1-20-15(17)9-5-6-12-10(7-9)8-21-14-11(16(18)19)3-2-4-13(14)22-12/h3,5-8,12H,2,4H2,1H3. The van der Waals surface area contributed by atoms with Crippen molar-refractivity contribution in [2.45, 2.75) is 18.1 Å². The van der Waals surface area contributed by atoms with Gasteiger partial charge in [-0.25, -0.2) is 4.79 Å². The Morgan fingerprint density at radius 1 is 1.55 bits per heavy atom. The Kier molecular flexibility index (Phi) is 3.89. The maximum absolute atomic E-state index is 11.6. The van der Waals surface area contributed by atoms with E-state index in [-0.39, 0.29) is 10.9 Å². The maximum Gasteiger partial charge on any atom is 0.337 e. The molecule has 0 aromatic heterocycles. The number of esters is 1. The van der Waals surface area contributed by atoms with Crippen LogP contribution < -0.4 is 0 Å². The molecule has 6 nitrogen and oxygen atoms in total. The fourth-order valence-corrected chi connectivity index (χ4v) is 3.65. The lowest BCUT2D eigenvalue weighted by atomic mass is 10.0. The van der Waals surface area contributed by atoms with Crippen molar-refractivity contribution in [3.8, 4) is 0 Å². The first-order valence-corrected chi connectivity index (χ1v) is 7.58. The minimum atomic E-state index is -0.423. The van der Waals surface area contributed by atoms with E-state index in [0.29, 0.717) is 17.8 Å². The Balaban J connectivity index is 1.92. The molecule has 3 rings (SSSR count). The monoisotopic (exact) mass is 319 g/mol. The third-order valence-electron chi connectivity index (χ3n) is 3.50. The van der Waals surface area contributed by atoms with E-state index in [4.69, 9.17) is 9.47 Å². The van der Waals surface area contributed by atoms with E-state index in [9.17, 15) is 14.9 Å². The number of hydrogen-bond acceptors (Lipinski definition) is 6. The van der Waals surface area contributed by atoms with E-state index in [0.717, 1.165) is 16.9 Å². The summed E-state index contributed by atoms with van der Waals surface area (Å²) in [6.07, 6.45) is 9.69. The molecule has 0 bridgehead atoms. The van der Waals surface area contributed by atoms with Crippen molar-refractivity contribution in [3.05, 3.63) is 68.2 Å². The number of carbonyl (C=O) groups excluding carboxylic acids is 1. The number of allylic oxidation sites excluding steroid dienone is 3. The van der Waals surface area contributed by atoms with Crippen LogP contribution in [-0.2, 0) is 14.3 Å². The molecule has 0 saturated heterocycles. The fraction of sp³-hybridized carbons (Fsp3) is 0.267. The van der Waals surface area contributed by atoms with Gasteiger partial charge in [0.25, 0.3) is 0 Å². The lowest BCUT2D eigenvalue weighted by Gasteiger charge is -2.18. The first-order chi connectivity index (χ1) is 10.6. The molecule has 0 radical (unpaired) electrons. The summed E-state index contributed by atoms with van der Waals surface area (Å²) in [4.78, 5) is 23.2. The van der Waals surface area contributed by atoms with Crippen molar-refractivity contribution in [1.82, 2.24) is 0 Å². The highest BCUT2D eigenvalue weighted by Gasteiger charge is 2.32. The van der Waals surface area contributed by atoms with Crippen LogP contribution in [-0.4, -0.2) is 23.3 Å². The molecule has 7 heteroatoms. The maximum atomic E-state index is 11.6. The number of nitro groups is 1. The van der Waals surface area contributed by atoms with Gasteiger partial charge < -0.3 is 9.47 Å². The zero-order valence-corrected chi connectivity index (χ0v) is 12.6. The summed E-state index contributed by atoms with van der Waals surface area (Å²) in [5, 5.41) is 11.1. The second-order valence-electron chi connectivity index (χ2n) is 4.86. The lowest BCUT2D eigenvalue weighted by Crippen LogP contribution is -2.11. The predicted octanol–water partition coefficient (Wildman–Crippen LogP) is 2.84. The Bertz CT molecular complexity index is 699. The van der Waals surface area contributed by atoms with Gasteiger partial charge in [0.15, 0.2) is 0 Å². The van der Waals surface area contributed by atoms with E-state index in [1.165, 1.54) is 25.1 Å². The second-order valence-corrected chi connectivity index (χ2v) is 6.10. The number of fused-ring (bicyclic) bond motifs is 1. The van der Waals surface area contributed by atoms with Crippen molar-refractivity contribution >= 4 is 17.7 Å². The molecule has 1 aliphatic heterocycles. The van der Waals surface area contributed by atoms with Crippen molar-refractivity contribution in [3.63, 3.8) is 0 Å². The molecule has 0 spiro atoms. The average molecular weight is 319 g/mol. The van der Waals surface area contributed by atoms with Crippen LogP contribution in [0.3, 0.4) is 0 Å². The van der Waals surface area contributed by atoms with E-state index in [1.807, 2.05) is 6.08 Å². The molecule has 0 aromatic rings. The van der Waals surface area contributed by atoms with Gasteiger partial charge in [0, 0.05) is 10.5 Å². The molecule has 2 aliphatic carbocycles. The normalized spacial score (nSPS) is 23.1. The average Bonchev–Trinajstić information content (AvgIpc) is 2.71.